The van der Waals surface area contributed by atoms with Crippen molar-refractivity contribution in [3.63, 3.8) is 0 Å². The van der Waals surface area contributed by atoms with Crippen LogP contribution in [0.3, 0.4) is 0 Å². The number of guanidine groups is 1. The topological polar surface area (TPSA) is 42.9 Å². The maximum atomic E-state index is 4.43. The summed E-state index contributed by atoms with van der Waals surface area (Å²) in [5, 5.41) is 7.20. The molecule has 0 aromatic carbocycles. The van der Waals surface area contributed by atoms with Gasteiger partial charge in [-0.3, -0.25) is 9.89 Å². The van der Waals surface area contributed by atoms with E-state index in [1.165, 1.54) is 51.7 Å². The maximum Gasteiger partial charge on any atom is 0.191 e. The zero-order valence-electron chi connectivity index (χ0n) is 15.6. The molecule has 5 nitrogen and oxygen atoms in total. The Balaban J connectivity index is 1.73. The van der Waals surface area contributed by atoms with Gasteiger partial charge in [-0.25, -0.2) is 0 Å². The highest BCUT2D eigenvalue weighted by molar-refractivity contribution is 5.80. The summed E-state index contributed by atoms with van der Waals surface area (Å²) in [5.41, 5.74) is 0. The van der Waals surface area contributed by atoms with E-state index in [1.54, 1.807) is 0 Å². The minimum atomic E-state index is 0.560. The number of hydrogen-bond acceptors (Lipinski definition) is 3. The minimum Gasteiger partial charge on any atom is -0.355 e. The van der Waals surface area contributed by atoms with Crippen LogP contribution in [0.1, 0.15) is 52.9 Å². The predicted octanol–water partition coefficient (Wildman–Crippen LogP) is 1.90. The van der Waals surface area contributed by atoms with E-state index < -0.39 is 0 Å². The number of likely N-dealkylation sites (N-methyl/N-ethyl adjacent to an activating group) is 1. The lowest BCUT2D eigenvalue weighted by molar-refractivity contribution is 0.156. The Labute approximate surface area is 142 Å². The zero-order chi connectivity index (χ0) is 16.7. The lowest BCUT2D eigenvalue weighted by atomic mass is 10.0. The van der Waals surface area contributed by atoms with Crippen LogP contribution in [-0.2, 0) is 0 Å². The van der Waals surface area contributed by atoms with Gasteiger partial charge in [0.05, 0.1) is 0 Å². The highest BCUT2D eigenvalue weighted by Crippen LogP contribution is 2.16. The third-order valence-electron chi connectivity index (χ3n) is 5.48. The maximum absolute atomic E-state index is 4.43. The van der Waals surface area contributed by atoms with Gasteiger partial charge in [0.1, 0.15) is 0 Å². The first-order chi connectivity index (χ1) is 11.1. The van der Waals surface area contributed by atoms with E-state index in [-0.39, 0.29) is 0 Å². The number of hydrogen-bond donors (Lipinski definition) is 2. The lowest BCUT2D eigenvalue weighted by Gasteiger charge is -2.37. The van der Waals surface area contributed by atoms with E-state index in [9.17, 15) is 0 Å². The van der Waals surface area contributed by atoms with E-state index in [1.807, 2.05) is 7.05 Å². The second-order valence-electron chi connectivity index (χ2n) is 7.28. The Morgan fingerprint density at radius 1 is 1.13 bits per heavy atom. The minimum absolute atomic E-state index is 0.560. The van der Waals surface area contributed by atoms with Crippen LogP contribution in [0.25, 0.3) is 0 Å². The van der Waals surface area contributed by atoms with E-state index in [0.29, 0.717) is 18.1 Å². The van der Waals surface area contributed by atoms with Crippen molar-refractivity contribution in [3.8, 4) is 0 Å². The fourth-order valence-electron chi connectivity index (χ4n) is 3.87. The molecule has 0 aromatic rings. The van der Waals surface area contributed by atoms with Gasteiger partial charge in [-0.2, -0.15) is 0 Å². The molecule has 0 aliphatic carbocycles. The number of aliphatic imine (C=N–C) groups is 1. The summed E-state index contributed by atoms with van der Waals surface area (Å²) >= 11 is 0. The molecule has 2 N–H and O–H groups in total. The fraction of sp³-hybridized carbons (Fsp3) is 0.944. The molecule has 2 aliphatic heterocycles. The van der Waals surface area contributed by atoms with Crippen LogP contribution in [0.2, 0.25) is 0 Å². The second-order valence-corrected chi connectivity index (χ2v) is 7.28. The first-order valence-corrected chi connectivity index (χ1v) is 9.59. The molecule has 2 heterocycles. The van der Waals surface area contributed by atoms with Crippen LogP contribution in [0.4, 0.5) is 0 Å². The predicted molar refractivity (Wildman–Crippen MR) is 99.1 cm³/mol. The van der Waals surface area contributed by atoms with Crippen LogP contribution in [0, 0.1) is 0 Å². The quantitative estimate of drug-likeness (QED) is 0.599. The van der Waals surface area contributed by atoms with Crippen LogP contribution in [-0.4, -0.2) is 73.7 Å². The van der Waals surface area contributed by atoms with Crippen molar-refractivity contribution >= 4 is 5.96 Å². The van der Waals surface area contributed by atoms with Crippen LogP contribution >= 0.6 is 0 Å². The van der Waals surface area contributed by atoms with Gasteiger partial charge in [0.2, 0.25) is 0 Å². The third-order valence-corrected chi connectivity index (χ3v) is 5.48. The highest BCUT2D eigenvalue weighted by Gasteiger charge is 2.23. The van der Waals surface area contributed by atoms with E-state index in [2.05, 4.69) is 46.2 Å². The Morgan fingerprint density at radius 2 is 1.87 bits per heavy atom. The summed E-state index contributed by atoms with van der Waals surface area (Å²) in [4.78, 5) is 9.60. The van der Waals surface area contributed by atoms with Crippen molar-refractivity contribution in [2.45, 2.75) is 71.0 Å². The van der Waals surface area contributed by atoms with Crippen molar-refractivity contribution in [2.24, 2.45) is 4.99 Å². The first kappa shape index (κ1) is 18.5. The fourth-order valence-corrected chi connectivity index (χ4v) is 3.87. The third kappa shape index (κ3) is 5.64. The van der Waals surface area contributed by atoms with Crippen molar-refractivity contribution < 1.29 is 0 Å². The SMILES string of the molecule is CCN1CCCCC1CNC(=NC)NC1CCN(C(C)C)CC1. The Kier molecular flexibility index (Phi) is 7.63. The van der Waals surface area contributed by atoms with Crippen molar-refractivity contribution in [1.29, 1.82) is 0 Å². The molecule has 0 radical (unpaired) electrons. The number of nitrogens with zero attached hydrogens (tertiary/aromatic N) is 3. The van der Waals surface area contributed by atoms with E-state index >= 15 is 0 Å². The second kappa shape index (κ2) is 9.48. The molecule has 134 valence electrons. The molecule has 0 saturated carbocycles. The number of likely N-dealkylation sites (tertiary alicyclic amines) is 2. The summed E-state index contributed by atoms with van der Waals surface area (Å²) in [7, 11) is 1.89. The van der Waals surface area contributed by atoms with Crippen LogP contribution < -0.4 is 10.6 Å². The summed E-state index contributed by atoms with van der Waals surface area (Å²) in [6.07, 6.45) is 6.45. The number of rotatable bonds is 5. The molecule has 5 heteroatoms. The molecule has 2 rings (SSSR count). The lowest BCUT2D eigenvalue weighted by Crippen LogP contribution is -2.52. The summed E-state index contributed by atoms with van der Waals surface area (Å²) in [5.74, 6) is 0.981. The highest BCUT2D eigenvalue weighted by atomic mass is 15.2. The van der Waals surface area contributed by atoms with Gasteiger partial charge >= 0.3 is 0 Å². The molecule has 1 atom stereocenters. The van der Waals surface area contributed by atoms with Gasteiger partial charge in [0, 0.05) is 44.8 Å². The Hall–Kier alpha value is -0.810. The molecule has 1 unspecified atom stereocenters. The standard InChI is InChI=1S/C18H37N5/c1-5-22-11-7-6-8-17(22)14-20-18(19-4)21-16-9-12-23(13-10-16)15(2)3/h15-17H,5-14H2,1-4H3,(H2,19,20,21). The Bertz CT molecular complexity index is 360. The van der Waals surface area contributed by atoms with Crippen molar-refractivity contribution in [2.75, 3.05) is 39.8 Å². The first-order valence-electron chi connectivity index (χ1n) is 9.59. The Morgan fingerprint density at radius 3 is 2.48 bits per heavy atom. The molecule has 0 aromatic heterocycles. The van der Waals surface area contributed by atoms with Gasteiger partial charge in [0.15, 0.2) is 5.96 Å². The van der Waals surface area contributed by atoms with Gasteiger partial charge < -0.3 is 15.5 Å². The largest absolute Gasteiger partial charge is 0.355 e. The zero-order valence-corrected chi connectivity index (χ0v) is 15.6. The summed E-state index contributed by atoms with van der Waals surface area (Å²) in [6, 6.07) is 1.89. The van der Waals surface area contributed by atoms with Crippen molar-refractivity contribution in [1.82, 2.24) is 20.4 Å². The smallest absolute Gasteiger partial charge is 0.191 e. The monoisotopic (exact) mass is 323 g/mol. The molecule has 2 aliphatic rings. The molecular weight excluding hydrogens is 286 g/mol. The van der Waals surface area contributed by atoms with Crippen molar-refractivity contribution in [3.05, 3.63) is 0 Å². The molecule has 0 bridgehead atoms. The molecule has 23 heavy (non-hydrogen) atoms. The summed E-state index contributed by atoms with van der Waals surface area (Å²) < 4.78 is 0. The van der Waals surface area contributed by atoms with E-state index in [0.717, 1.165) is 19.0 Å². The van der Waals surface area contributed by atoms with Crippen LogP contribution in [0.5, 0.6) is 0 Å². The summed E-state index contributed by atoms with van der Waals surface area (Å²) in [6.45, 7) is 12.7. The van der Waals surface area contributed by atoms with Gasteiger partial charge in [-0.1, -0.05) is 13.3 Å². The van der Waals surface area contributed by atoms with E-state index in [4.69, 9.17) is 0 Å². The molecule has 0 spiro atoms. The molecule has 0 amide bonds. The number of piperidine rings is 2. The van der Waals surface area contributed by atoms with Crippen LogP contribution in [0.15, 0.2) is 4.99 Å². The average molecular weight is 324 g/mol. The van der Waals surface area contributed by atoms with Gasteiger partial charge in [0.25, 0.3) is 0 Å². The van der Waals surface area contributed by atoms with Gasteiger partial charge in [-0.05, 0) is 52.6 Å². The molecular formula is C18H37N5. The average Bonchev–Trinajstić information content (AvgIpc) is 2.59. The number of nitrogens with one attached hydrogen (secondary N) is 2. The molecule has 2 saturated heterocycles. The molecule has 2 fully saturated rings. The van der Waals surface area contributed by atoms with Gasteiger partial charge in [-0.15, -0.1) is 0 Å². The normalized spacial score (nSPS) is 25.8.